The largest absolute Gasteiger partial charge is 0.368 e. The Balaban J connectivity index is 2.23. The van der Waals surface area contributed by atoms with E-state index in [1.165, 1.54) is 6.92 Å². The summed E-state index contributed by atoms with van der Waals surface area (Å²) >= 11 is 0. The van der Waals surface area contributed by atoms with E-state index in [2.05, 4.69) is 10.6 Å². The summed E-state index contributed by atoms with van der Waals surface area (Å²) < 4.78 is 27.3. The van der Waals surface area contributed by atoms with Crippen LogP contribution in [-0.4, -0.2) is 41.7 Å². The molecule has 0 saturated carbocycles. The molecule has 0 aromatic heterocycles. The summed E-state index contributed by atoms with van der Waals surface area (Å²) in [5.41, 5.74) is 2.65. The van der Waals surface area contributed by atoms with E-state index < -0.39 is 54.0 Å². The number of urea groups is 1. The van der Waals surface area contributed by atoms with Crippen molar-refractivity contribution >= 4 is 23.8 Å². The molecule has 1 atom stereocenters. The molecule has 0 bridgehead atoms. The molecular weight excluding hydrogens is 326 g/mol. The number of carbonyl (C=O) groups is 4. The van der Waals surface area contributed by atoms with Crippen LogP contribution in [0, 0.1) is 11.6 Å². The first-order valence-corrected chi connectivity index (χ1v) is 6.80. The van der Waals surface area contributed by atoms with Gasteiger partial charge in [-0.3, -0.25) is 19.3 Å². The van der Waals surface area contributed by atoms with Crippen LogP contribution in [0.4, 0.5) is 13.6 Å². The number of halogens is 2. The zero-order chi connectivity index (χ0) is 18.1. The molecule has 0 radical (unpaired) electrons. The highest BCUT2D eigenvalue weighted by Gasteiger charge is 2.50. The molecule has 0 unspecified atom stereocenters. The van der Waals surface area contributed by atoms with Crippen molar-refractivity contribution < 1.29 is 28.0 Å². The maximum Gasteiger partial charge on any atom is 0.325 e. The van der Waals surface area contributed by atoms with Gasteiger partial charge in [-0.15, -0.1) is 0 Å². The number of hydrogen-bond donors (Lipinski definition) is 3. The van der Waals surface area contributed by atoms with Crippen LogP contribution < -0.4 is 16.4 Å². The first-order chi connectivity index (χ1) is 11.1. The van der Waals surface area contributed by atoms with E-state index in [1.54, 1.807) is 0 Å². The Hall–Kier alpha value is -3.04. The molecular formula is C14H14F2N4O4. The third-order valence-electron chi connectivity index (χ3n) is 3.50. The van der Waals surface area contributed by atoms with Crippen LogP contribution >= 0.6 is 0 Å². The Kier molecular flexibility index (Phi) is 4.49. The highest BCUT2D eigenvalue weighted by molar-refractivity contribution is 6.09. The van der Waals surface area contributed by atoms with Crippen molar-refractivity contribution in [3.05, 3.63) is 35.4 Å². The van der Waals surface area contributed by atoms with Gasteiger partial charge >= 0.3 is 6.03 Å². The van der Waals surface area contributed by atoms with Crippen molar-refractivity contribution in [1.29, 1.82) is 0 Å². The second kappa shape index (κ2) is 6.22. The lowest BCUT2D eigenvalue weighted by Crippen LogP contribution is -2.44. The number of carbonyl (C=O) groups excluding carboxylic acids is 4. The molecule has 128 valence electrons. The van der Waals surface area contributed by atoms with Gasteiger partial charge in [-0.2, -0.15) is 0 Å². The number of imide groups is 1. The molecule has 2 rings (SSSR count). The van der Waals surface area contributed by atoms with Gasteiger partial charge in [-0.05, 0) is 25.1 Å². The van der Waals surface area contributed by atoms with Crippen LogP contribution in [0.1, 0.15) is 12.5 Å². The van der Waals surface area contributed by atoms with Gasteiger partial charge in [0.2, 0.25) is 11.8 Å². The first-order valence-electron chi connectivity index (χ1n) is 6.80. The highest BCUT2D eigenvalue weighted by atomic mass is 19.1. The number of benzene rings is 1. The molecule has 0 aliphatic carbocycles. The number of rotatable bonds is 5. The number of nitrogens with two attached hydrogens (primary N) is 1. The summed E-state index contributed by atoms with van der Waals surface area (Å²) in [5.74, 6) is -4.19. The van der Waals surface area contributed by atoms with Crippen LogP contribution in [0.2, 0.25) is 0 Å². The predicted octanol–water partition coefficient (Wildman–Crippen LogP) is -0.667. The molecule has 1 heterocycles. The van der Waals surface area contributed by atoms with Crippen molar-refractivity contribution in [2.45, 2.75) is 12.5 Å². The van der Waals surface area contributed by atoms with E-state index in [1.807, 2.05) is 0 Å². The Bertz CT molecular complexity index is 739. The minimum absolute atomic E-state index is 0.360. The zero-order valence-electron chi connectivity index (χ0n) is 12.6. The second-order valence-electron chi connectivity index (χ2n) is 5.31. The van der Waals surface area contributed by atoms with E-state index in [0.717, 1.165) is 18.2 Å². The fourth-order valence-corrected chi connectivity index (χ4v) is 2.29. The molecule has 1 aliphatic heterocycles. The molecule has 4 N–H and O–H groups in total. The maximum absolute atomic E-state index is 13.9. The Morgan fingerprint density at radius 2 is 2.00 bits per heavy atom. The fraction of sp³-hybridized carbons (Fsp3) is 0.286. The Morgan fingerprint density at radius 3 is 2.62 bits per heavy atom. The lowest BCUT2D eigenvalue weighted by atomic mass is 9.91. The minimum Gasteiger partial charge on any atom is -0.368 e. The number of nitrogens with zero attached hydrogens (tertiary/aromatic N) is 1. The topological polar surface area (TPSA) is 122 Å². The lowest BCUT2D eigenvalue weighted by Gasteiger charge is -2.22. The molecule has 1 aromatic rings. The molecule has 1 fully saturated rings. The van der Waals surface area contributed by atoms with Crippen molar-refractivity contribution in [3.63, 3.8) is 0 Å². The summed E-state index contributed by atoms with van der Waals surface area (Å²) in [6.07, 6.45) is 0. The van der Waals surface area contributed by atoms with Crippen LogP contribution in [0.3, 0.4) is 0 Å². The first kappa shape index (κ1) is 17.3. The molecule has 1 aromatic carbocycles. The summed E-state index contributed by atoms with van der Waals surface area (Å²) in [6, 6.07) is 1.56. The highest BCUT2D eigenvalue weighted by Crippen LogP contribution is 2.31. The smallest absolute Gasteiger partial charge is 0.325 e. The third kappa shape index (κ3) is 3.16. The number of amides is 5. The van der Waals surface area contributed by atoms with Crippen molar-refractivity contribution in [3.8, 4) is 0 Å². The molecule has 5 amide bonds. The van der Waals surface area contributed by atoms with Gasteiger partial charge in [0.25, 0.3) is 5.91 Å². The van der Waals surface area contributed by atoms with Crippen molar-refractivity contribution in [2.75, 3.05) is 13.1 Å². The second-order valence-corrected chi connectivity index (χ2v) is 5.31. The summed E-state index contributed by atoms with van der Waals surface area (Å²) in [4.78, 5) is 47.2. The standard InChI is InChI=1S/C14H14F2N4O4/c1-14(8-4-7(15)2-3-9(8)16)12(23)20(13(24)19-14)6-11(22)18-5-10(17)21/h2-4H,5-6H2,1H3,(H2,17,21)(H,18,22)(H,19,24)/t14-/m1/s1. The number of primary amides is 1. The zero-order valence-corrected chi connectivity index (χ0v) is 12.6. The van der Waals surface area contributed by atoms with Crippen LogP contribution in [0.5, 0.6) is 0 Å². The van der Waals surface area contributed by atoms with E-state index in [4.69, 9.17) is 5.73 Å². The van der Waals surface area contributed by atoms with Gasteiger partial charge in [0, 0.05) is 5.56 Å². The number of hydrogen-bond acceptors (Lipinski definition) is 4. The van der Waals surface area contributed by atoms with E-state index in [0.29, 0.717) is 4.90 Å². The normalized spacial score (nSPS) is 20.0. The lowest BCUT2D eigenvalue weighted by molar-refractivity contribution is -0.135. The van der Waals surface area contributed by atoms with Gasteiger partial charge in [-0.1, -0.05) is 0 Å². The summed E-state index contributed by atoms with van der Waals surface area (Å²) in [5, 5.41) is 4.36. The third-order valence-corrected chi connectivity index (χ3v) is 3.50. The molecule has 10 heteroatoms. The minimum atomic E-state index is -1.85. The molecule has 1 saturated heterocycles. The van der Waals surface area contributed by atoms with Gasteiger partial charge in [0.15, 0.2) is 0 Å². The van der Waals surface area contributed by atoms with Gasteiger partial charge in [0.1, 0.15) is 23.7 Å². The monoisotopic (exact) mass is 340 g/mol. The Labute approximate surface area is 135 Å². The molecule has 0 spiro atoms. The van der Waals surface area contributed by atoms with E-state index in [9.17, 15) is 28.0 Å². The van der Waals surface area contributed by atoms with Gasteiger partial charge in [-0.25, -0.2) is 13.6 Å². The van der Waals surface area contributed by atoms with Gasteiger partial charge < -0.3 is 16.4 Å². The quantitative estimate of drug-likeness (QED) is 0.616. The predicted molar refractivity (Wildman–Crippen MR) is 76.2 cm³/mol. The van der Waals surface area contributed by atoms with E-state index >= 15 is 0 Å². The average molecular weight is 340 g/mol. The Morgan fingerprint density at radius 1 is 1.33 bits per heavy atom. The molecule has 8 nitrogen and oxygen atoms in total. The van der Waals surface area contributed by atoms with Crippen LogP contribution in [-0.2, 0) is 19.9 Å². The molecule has 24 heavy (non-hydrogen) atoms. The van der Waals surface area contributed by atoms with E-state index in [-0.39, 0.29) is 5.56 Å². The van der Waals surface area contributed by atoms with Crippen molar-refractivity contribution in [1.82, 2.24) is 15.5 Å². The molecule has 1 aliphatic rings. The fourth-order valence-electron chi connectivity index (χ4n) is 2.29. The summed E-state index contributed by atoms with van der Waals surface area (Å²) in [7, 11) is 0. The van der Waals surface area contributed by atoms with Crippen LogP contribution in [0.25, 0.3) is 0 Å². The van der Waals surface area contributed by atoms with Gasteiger partial charge in [0.05, 0.1) is 6.54 Å². The average Bonchev–Trinajstić information content (AvgIpc) is 2.72. The number of nitrogens with one attached hydrogen (secondary N) is 2. The SMILES string of the molecule is C[C@]1(c2cc(F)ccc2F)NC(=O)N(CC(=O)NCC(N)=O)C1=O. The van der Waals surface area contributed by atoms with Crippen LogP contribution in [0.15, 0.2) is 18.2 Å². The maximum atomic E-state index is 13.9. The summed E-state index contributed by atoms with van der Waals surface area (Å²) in [6.45, 7) is 0.0507. The van der Waals surface area contributed by atoms with Crippen molar-refractivity contribution in [2.24, 2.45) is 5.73 Å².